The number of Topliss-reactive ketones (excluding diaryl/α,β-unsaturated/α-hetero) is 1. The number of nitriles is 1. The van der Waals surface area contributed by atoms with E-state index in [9.17, 15) is 4.79 Å². The number of hydrogen-bond acceptors (Lipinski definition) is 8. The van der Waals surface area contributed by atoms with E-state index in [1.165, 1.54) is 24.9 Å². The molecule has 4 aliphatic rings. The van der Waals surface area contributed by atoms with Gasteiger partial charge in [-0.25, -0.2) is 9.97 Å². The van der Waals surface area contributed by atoms with Crippen LogP contribution in [0.4, 0.5) is 17.3 Å². The van der Waals surface area contributed by atoms with Gasteiger partial charge in [-0.2, -0.15) is 5.26 Å². The van der Waals surface area contributed by atoms with Crippen LogP contribution in [-0.4, -0.2) is 65.1 Å². The zero-order valence-electron chi connectivity index (χ0n) is 22.3. The average molecular weight is 523 g/mol. The average Bonchev–Trinajstić information content (AvgIpc) is 2.97. The van der Waals surface area contributed by atoms with Gasteiger partial charge in [-0.3, -0.25) is 9.69 Å². The summed E-state index contributed by atoms with van der Waals surface area (Å²) >= 11 is 0. The van der Waals surface area contributed by atoms with E-state index in [2.05, 4.69) is 44.4 Å². The molecule has 0 spiro atoms. The third kappa shape index (κ3) is 5.65. The monoisotopic (exact) mass is 522 g/mol. The number of ether oxygens (including phenoxy) is 1. The largest absolute Gasteiger partial charge is 0.372 e. The highest BCUT2D eigenvalue weighted by Crippen LogP contribution is 2.32. The maximum atomic E-state index is 12.2. The van der Waals surface area contributed by atoms with Crippen LogP contribution in [0.2, 0.25) is 0 Å². The summed E-state index contributed by atoms with van der Waals surface area (Å²) in [6, 6.07) is 18.6. The van der Waals surface area contributed by atoms with Crippen LogP contribution in [0.5, 0.6) is 0 Å². The van der Waals surface area contributed by atoms with Crippen molar-refractivity contribution in [3.05, 3.63) is 65.9 Å². The van der Waals surface area contributed by atoms with Crippen LogP contribution >= 0.6 is 0 Å². The second kappa shape index (κ2) is 11.1. The van der Waals surface area contributed by atoms with Crippen molar-refractivity contribution in [1.82, 2.24) is 14.9 Å². The number of carbonyl (C=O) groups excluding carboxylic acids is 1. The van der Waals surface area contributed by atoms with Gasteiger partial charge in [0, 0.05) is 80.2 Å². The summed E-state index contributed by atoms with van der Waals surface area (Å²) in [6.07, 6.45) is 6.90. The van der Waals surface area contributed by atoms with Crippen molar-refractivity contribution in [2.75, 3.05) is 36.4 Å². The fourth-order valence-corrected chi connectivity index (χ4v) is 5.98. The van der Waals surface area contributed by atoms with E-state index in [1.807, 2.05) is 31.3 Å². The Labute approximate surface area is 229 Å². The van der Waals surface area contributed by atoms with Crippen LogP contribution in [0.1, 0.15) is 48.0 Å². The number of rotatable bonds is 8. The van der Waals surface area contributed by atoms with Gasteiger partial charge < -0.3 is 15.0 Å². The van der Waals surface area contributed by atoms with Crippen LogP contribution < -0.4 is 10.2 Å². The quantitative estimate of drug-likeness (QED) is 0.407. The second-order valence-corrected chi connectivity index (χ2v) is 10.8. The third-order valence-electron chi connectivity index (χ3n) is 8.17. The number of carbonyl (C=O) groups is 1. The number of fused-ring (bicyclic) bond motifs is 2. The molecule has 4 saturated heterocycles. The van der Waals surface area contributed by atoms with Crippen LogP contribution in [0.25, 0.3) is 11.3 Å². The zero-order valence-corrected chi connectivity index (χ0v) is 22.3. The molecule has 5 heterocycles. The lowest BCUT2D eigenvalue weighted by atomic mass is 9.94. The lowest BCUT2D eigenvalue weighted by molar-refractivity contribution is -0.189. The molecule has 2 bridgehead atoms. The molecule has 0 aliphatic carbocycles. The summed E-state index contributed by atoms with van der Waals surface area (Å²) in [4.78, 5) is 26.6. The molecule has 8 heteroatoms. The molecule has 3 aromatic rings. The Morgan fingerprint density at radius 1 is 1.08 bits per heavy atom. The normalized spacial score (nSPS) is 21.2. The fraction of sp³-hybridized carbons (Fsp3) is 0.419. The first-order chi connectivity index (χ1) is 19.1. The summed E-state index contributed by atoms with van der Waals surface area (Å²) in [6.45, 7) is 6.36. The standard InChI is InChI=1S/C31H34N6O2/c1-21-18-33-31(35-30(21)23-6-4-22(5-7-23)29(38)3-2-14-32)34-24-8-10-25(11-9-24)36-15-12-26(13-16-36)37-19-27-17-28(20-37)39-27/h4-11,18,26-28H,2-3,12-13,15-17,19-20H2,1H3,(H,33,34,35). The summed E-state index contributed by atoms with van der Waals surface area (Å²) in [7, 11) is 0. The molecule has 7 rings (SSSR count). The first kappa shape index (κ1) is 25.5. The number of morpholine rings is 1. The van der Waals surface area contributed by atoms with Crippen molar-refractivity contribution in [2.24, 2.45) is 0 Å². The smallest absolute Gasteiger partial charge is 0.227 e. The summed E-state index contributed by atoms with van der Waals surface area (Å²) in [5.74, 6) is 0.507. The van der Waals surface area contributed by atoms with Crippen molar-refractivity contribution in [1.29, 1.82) is 5.26 Å². The lowest BCUT2D eigenvalue weighted by Crippen LogP contribution is -2.61. The third-order valence-corrected chi connectivity index (χ3v) is 8.17. The van der Waals surface area contributed by atoms with Crippen molar-refractivity contribution >= 4 is 23.1 Å². The Hall–Kier alpha value is -3.80. The maximum Gasteiger partial charge on any atom is 0.227 e. The molecule has 1 aromatic heterocycles. The van der Waals surface area contributed by atoms with Gasteiger partial charge >= 0.3 is 0 Å². The van der Waals surface area contributed by atoms with Gasteiger partial charge in [0.05, 0.1) is 24.0 Å². The first-order valence-corrected chi connectivity index (χ1v) is 13.9. The van der Waals surface area contributed by atoms with Gasteiger partial charge in [0.25, 0.3) is 0 Å². The van der Waals surface area contributed by atoms with E-state index in [-0.39, 0.29) is 18.6 Å². The van der Waals surface area contributed by atoms with Crippen molar-refractivity contribution < 1.29 is 9.53 Å². The highest BCUT2D eigenvalue weighted by atomic mass is 16.5. The number of nitrogens with one attached hydrogen (secondary N) is 1. The minimum atomic E-state index is -0.0221. The molecule has 1 N–H and O–H groups in total. The SMILES string of the molecule is Cc1cnc(Nc2ccc(N3CCC(N4CC5CC(C4)O5)CC3)cc2)nc1-c1ccc(C(=O)CCC#N)cc1. The van der Waals surface area contributed by atoms with Gasteiger partial charge in [-0.05, 0) is 49.6 Å². The number of nitrogens with zero attached hydrogens (tertiary/aromatic N) is 5. The topological polar surface area (TPSA) is 94.4 Å². The maximum absolute atomic E-state index is 12.2. The van der Waals surface area contributed by atoms with E-state index >= 15 is 0 Å². The molecule has 0 saturated carbocycles. The van der Waals surface area contributed by atoms with Crippen LogP contribution in [0.3, 0.4) is 0 Å². The van der Waals surface area contributed by atoms with Crippen LogP contribution in [-0.2, 0) is 4.74 Å². The van der Waals surface area contributed by atoms with Crippen LogP contribution in [0, 0.1) is 18.3 Å². The molecule has 8 nitrogen and oxygen atoms in total. The molecule has 39 heavy (non-hydrogen) atoms. The number of aryl methyl sites for hydroxylation is 1. The fourth-order valence-electron chi connectivity index (χ4n) is 5.98. The Bertz CT molecular complexity index is 1340. The predicted molar refractivity (Wildman–Crippen MR) is 151 cm³/mol. The number of aromatic nitrogens is 2. The highest BCUT2D eigenvalue weighted by molar-refractivity contribution is 5.96. The number of hydrogen-bond donors (Lipinski definition) is 1. The first-order valence-electron chi connectivity index (χ1n) is 13.9. The number of ketones is 1. The molecule has 4 fully saturated rings. The van der Waals surface area contributed by atoms with Crippen molar-refractivity contribution in [2.45, 2.75) is 57.3 Å². The predicted octanol–water partition coefficient (Wildman–Crippen LogP) is 5.12. The Morgan fingerprint density at radius 2 is 1.77 bits per heavy atom. The Morgan fingerprint density at radius 3 is 2.44 bits per heavy atom. The molecule has 4 aliphatic heterocycles. The highest BCUT2D eigenvalue weighted by Gasteiger charge is 2.41. The molecule has 2 unspecified atom stereocenters. The second-order valence-electron chi connectivity index (χ2n) is 10.8. The Balaban J connectivity index is 1.06. The molecular formula is C31H34N6O2. The van der Waals surface area contributed by atoms with E-state index in [0.29, 0.717) is 29.8 Å². The van der Waals surface area contributed by atoms with Crippen molar-refractivity contribution in [3.8, 4) is 17.3 Å². The van der Waals surface area contributed by atoms with Gasteiger partial charge in [0.1, 0.15) is 0 Å². The number of benzene rings is 2. The van der Waals surface area contributed by atoms with Crippen molar-refractivity contribution in [3.63, 3.8) is 0 Å². The van der Waals surface area contributed by atoms with Gasteiger partial charge in [-0.1, -0.05) is 24.3 Å². The summed E-state index contributed by atoms with van der Waals surface area (Å²) in [5.41, 5.74) is 5.49. The van der Waals surface area contributed by atoms with E-state index in [1.54, 1.807) is 12.1 Å². The molecule has 200 valence electrons. The molecule has 0 radical (unpaired) electrons. The van der Waals surface area contributed by atoms with Crippen LogP contribution in [0.15, 0.2) is 54.7 Å². The summed E-state index contributed by atoms with van der Waals surface area (Å²) in [5, 5.41) is 12.1. The molecule has 0 amide bonds. The van der Waals surface area contributed by atoms with Gasteiger partial charge in [0.15, 0.2) is 5.78 Å². The lowest BCUT2D eigenvalue weighted by Gasteiger charge is -2.51. The minimum absolute atomic E-state index is 0.0221. The summed E-state index contributed by atoms with van der Waals surface area (Å²) < 4.78 is 5.81. The molecule has 2 aromatic carbocycles. The van der Waals surface area contributed by atoms with Gasteiger partial charge in [0.2, 0.25) is 5.95 Å². The molecule has 2 atom stereocenters. The Kier molecular flexibility index (Phi) is 7.27. The zero-order chi connectivity index (χ0) is 26.8. The minimum Gasteiger partial charge on any atom is -0.372 e. The molecular weight excluding hydrogens is 488 g/mol. The number of piperidine rings is 2. The van der Waals surface area contributed by atoms with E-state index < -0.39 is 0 Å². The van der Waals surface area contributed by atoms with E-state index in [0.717, 1.165) is 48.7 Å². The number of anilines is 3. The van der Waals surface area contributed by atoms with E-state index in [4.69, 9.17) is 15.0 Å². The van der Waals surface area contributed by atoms with Gasteiger partial charge in [-0.15, -0.1) is 0 Å².